The molecule has 2 atom stereocenters. The zero-order valence-corrected chi connectivity index (χ0v) is 14.0. The Bertz CT molecular complexity index is 754. The van der Waals surface area contributed by atoms with Crippen LogP contribution in [0.2, 0.25) is 0 Å². The Balaban J connectivity index is 2.00. The maximum Gasteiger partial charge on any atom is 0.237 e. The maximum absolute atomic E-state index is 14.4. The summed E-state index contributed by atoms with van der Waals surface area (Å²) in [6.07, 6.45) is 2.60. The van der Waals surface area contributed by atoms with E-state index in [0.29, 0.717) is 18.5 Å². The van der Waals surface area contributed by atoms with Crippen LogP contribution in [0.1, 0.15) is 23.6 Å². The minimum Gasteiger partial charge on any atom is -0.355 e. The summed E-state index contributed by atoms with van der Waals surface area (Å²) >= 11 is 1.58. The number of hydrogen-bond donors (Lipinski definition) is 2. The molecule has 1 heterocycles. The highest BCUT2D eigenvalue weighted by atomic mass is 32.2. The van der Waals surface area contributed by atoms with E-state index in [1.54, 1.807) is 11.8 Å². The van der Waals surface area contributed by atoms with Gasteiger partial charge in [-0.15, -0.1) is 11.8 Å². The molecule has 6 heteroatoms. The van der Waals surface area contributed by atoms with Gasteiger partial charge in [-0.05, 0) is 36.4 Å². The van der Waals surface area contributed by atoms with Crippen LogP contribution >= 0.6 is 11.8 Å². The zero-order chi connectivity index (χ0) is 17.1. The average molecular weight is 348 g/mol. The van der Waals surface area contributed by atoms with Gasteiger partial charge in [-0.1, -0.05) is 18.2 Å². The predicted molar refractivity (Wildman–Crippen MR) is 91.0 cm³/mol. The molecular formula is C18H18F2N2OS. The molecule has 2 aromatic carbocycles. The first-order valence-corrected chi connectivity index (χ1v) is 8.93. The van der Waals surface area contributed by atoms with Gasteiger partial charge < -0.3 is 5.32 Å². The average Bonchev–Trinajstić information content (AvgIpc) is 2.98. The molecule has 0 spiro atoms. The molecule has 0 bridgehead atoms. The van der Waals surface area contributed by atoms with E-state index < -0.39 is 23.7 Å². The molecule has 24 heavy (non-hydrogen) atoms. The molecule has 1 saturated heterocycles. The molecule has 1 aliphatic heterocycles. The summed E-state index contributed by atoms with van der Waals surface area (Å²) in [4.78, 5) is 12.9. The topological polar surface area (TPSA) is 41.1 Å². The Morgan fingerprint density at radius 1 is 1.25 bits per heavy atom. The summed E-state index contributed by atoms with van der Waals surface area (Å²) in [6, 6.07) is 10.3. The molecule has 1 aliphatic rings. The van der Waals surface area contributed by atoms with Gasteiger partial charge in [-0.3, -0.25) is 10.1 Å². The number of benzene rings is 2. The lowest BCUT2D eigenvalue weighted by Gasteiger charge is -2.23. The van der Waals surface area contributed by atoms with E-state index in [2.05, 4.69) is 10.6 Å². The molecule has 0 radical (unpaired) electrons. The van der Waals surface area contributed by atoms with Gasteiger partial charge in [0.05, 0.1) is 12.1 Å². The molecule has 1 fully saturated rings. The van der Waals surface area contributed by atoms with Gasteiger partial charge in [0.2, 0.25) is 5.91 Å². The van der Waals surface area contributed by atoms with Crippen molar-refractivity contribution < 1.29 is 13.6 Å². The second kappa shape index (κ2) is 7.32. The van der Waals surface area contributed by atoms with Crippen molar-refractivity contribution in [2.24, 2.45) is 0 Å². The monoisotopic (exact) mass is 348 g/mol. The van der Waals surface area contributed by atoms with Gasteiger partial charge in [0, 0.05) is 23.1 Å². The Hall–Kier alpha value is -1.92. The molecule has 0 saturated carbocycles. The fourth-order valence-electron chi connectivity index (χ4n) is 2.88. The van der Waals surface area contributed by atoms with Crippen molar-refractivity contribution in [3.8, 4) is 0 Å². The first-order chi connectivity index (χ1) is 11.6. The van der Waals surface area contributed by atoms with Crippen LogP contribution in [0.3, 0.4) is 0 Å². The standard InChI is InChI=1S/C18H18F2N2OS/c1-24-13-4-2-3-11(9-13)17(22-16-7-8-21-18(16)23)14-6-5-12(19)10-15(14)20/h2-6,9-10,16-17,22H,7-8H2,1H3,(H,21,23)/t16-,17+/m1/s1. The number of carbonyl (C=O) groups excluding carboxylic acids is 1. The van der Waals surface area contributed by atoms with Crippen molar-refractivity contribution in [3.05, 3.63) is 65.2 Å². The molecule has 0 unspecified atom stereocenters. The van der Waals surface area contributed by atoms with Crippen LogP contribution in [0.4, 0.5) is 8.78 Å². The summed E-state index contributed by atoms with van der Waals surface area (Å²) < 4.78 is 27.6. The van der Waals surface area contributed by atoms with Gasteiger partial charge in [-0.2, -0.15) is 0 Å². The number of nitrogens with one attached hydrogen (secondary N) is 2. The van der Waals surface area contributed by atoms with Crippen LogP contribution in [0.15, 0.2) is 47.4 Å². The highest BCUT2D eigenvalue weighted by Gasteiger charge is 2.29. The number of carbonyl (C=O) groups is 1. The number of hydrogen-bond acceptors (Lipinski definition) is 3. The summed E-state index contributed by atoms with van der Waals surface area (Å²) in [5, 5.41) is 5.99. The second-order valence-electron chi connectivity index (χ2n) is 5.67. The lowest BCUT2D eigenvalue weighted by atomic mass is 9.97. The van der Waals surface area contributed by atoms with Gasteiger partial charge in [-0.25, -0.2) is 8.78 Å². The first kappa shape index (κ1) is 16.9. The fraction of sp³-hybridized carbons (Fsp3) is 0.278. The minimum atomic E-state index is -0.625. The number of halogens is 2. The van der Waals surface area contributed by atoms with E-state index in [-0.39, 0.29) is 5.91 Å². The van der Waals surface area contributed by atoms with Crippen LogP contribution in [-0.2, 0) is 4.79 Å². The number of amides is 1. The quantitative estimate of drug-likeness (QED) is 0.815. The van der Waals surface area contributed by atoms with Crippen LogP contribution < -0.4 is 10.6 Å². The lowest BCUT2D eigenvalue weighted by molar-refractivity contribution is -0.121. The summed E-state index contributed by atoms with van der Waals surface area (Å²) in [6.45, 7) is 0.597. The second-order valence-corrected chi connectivity index (χ2v) is 6.55. The molecule has 2 aromatic rings. The molecule has 0 aliphatic carbocycles. The molecular weight excluding hydrogens is 330 g/mol. The van der Waals surface area contributed by atoms with E-state index in [9.17, 15) is 13.6 Å². The van der Waals surface area contributed by atoms with E-state index in [1.165, 1.54) is 12.1 Å². The Kier molecular flexibility index (Phi) is 5.16. The Morgan fingerprint density at radius 3 is 2.75 bits per heavy atom. The Morgan fingerprint density at radius 2 is 2.08 bits per heavy atom. The van der Waals surface area contributed by atoms with Crippen LogP contribution in [0.25, 0.3) is 0 Å². The largest absolute Gasteiger partial charge is 0.355 e. The SMILES string of the molecule is CSc1cccc([C@H](N[C@@H]2CCNC2=O)c2ccc(F)cc2F)c1. The Labute approximate surface area is 143 Å². The van der Waals surface area contributed by atoms with Gasteiger partial charge in [0.25, 0.3) is 0 Å². The molecule has 3 rings (SSSR count). The number of rotatable bonds is 5. The molecule has 1 amide bonds. The molecule has 126 valence electrons. The first-order valence-electron chi connectivity index (χ1n) is 7.71. The van der Waals surface area contributed by atoms with Crippen molar-refractivity contribution in [2.75, 3.05) is 12.8 Å². The van der Waals surface area contributed by atoms with Crippen molar-refractivity contribution in [2.45, 2.75) is 23.4 Å². The van der Waals surface area contributed by atoms with Gasteiger partial charge >= 0.3 is 0 Å². The van der Waals surface area contributed by atoms with Gasteiger partial charge in [0.1, 0.15) is 11.6 Å². The molecule has 3 nitrogen and oxygen atoms in total. The lowest BCUT2D eigenvalue weighted by Crippen LogP contribution is -2.39. The van der Waals surface area contributed by atoms with Crippen molar-refractivity contribution in [1.82, 2.24) is 10.6 Å². The zero-order valence-electron chi connectivity index (χ0n) is 13.2. The van der Waals surface area contributed by atoms with Crippen LogP contribution in [0, 0.1) is 11.6 Å². The fourth-order valence-corrected chi connectivity index (χ4v) is 3.35. The summed E-state index contributed by atoms with van der Waals surface area (Å²) in [5.41, 5.74) is 1.17. The third-order valence-electron chi connectivity index (χ3n) is 4.12. The van der Waals surface area contributed by atoms with E-state index >= 15 is 0 Å². The minimum absolute atomic E-state index is 0.0939. The third-order valence-corrected chi connectivity index (χ3v) is 4.84. The highest BCUT2D eigenvalue weighted by Crippen LogP contribution is 2.29. The third kappa shape index (κ3) is 3.60. The van der Waals surface area contributed by atoms with Crippen LogP contribution in [-0.4, -0.2) is 24.7 Å². The van der Waals surface area contributed by atoms with E-state index in [0.717, 1.165) is 16.5 Å². The molecule has 2 N–H and O–H groups in total. The van der Waals surface area contributed by atoms with Crippen molar-refractivity contribution in [1.29, 1.82) is 0 Å². The summed E-state index contributed by atoms with van der Waals surface area (Å²) in [5.74, 6) is -1.34. The normalized spacial score (nSPS) is 18.5. The van der Waals surface area contributed by atoms with Gasteiger partial charge in [0.15, 0.2) is 0 Å². The van der Waals surface area contributed by atoms with Crippen LogP contribution in [0.5, 0.6) is 0 Å². The highest BCUT2D eigenvalue weighted by molar-refractivity contribution is 7.98. The smallest absolute Gasteiger partial charge is 0.237 e. The maximum atomic E-state index is 14.4. The molecule has 0 aromatic heterocycles. The van der Waals surface area contributed by atoms with E-state index in [4.69, 9.17) is 0 Å². The number of thioether (sulfide) groups is 1. The van der Waals surface area contributed by atoms with E-state index in [1.807, 2.05) is 30.5 Å². The summed E-state index contributed by atoms with van der Waals surface area (Å²) in [7, 11) is 0. The van der Waals surface area contributed by atoms with Crippen molar-refractivity contribution in [3.63, 3.8) is 0 Å². The van der Waals surface area contributed by atoms with Crippen molar-refractivity contribution >= 4 is 17.7 Å². The predicted octanol–water partition coefficient (Wildman–Crippen LogP) is 3.25.